The molecule has 1 aliphatic rings. The Labute approximate surface area is 248 Å². The first-order valence-electron chi connectivity index (χ1n) is 13.9. The predicted octanol–water partition coefficient (Wildman–Crippen LogP) is 1.91. The fourth-order valence-electron chi connectivity index (χ4n) is 4.57. The van der Waals surface area contributed by atoms with Gasteiger partial charge in [0.05, 0.1) is 43.0 Å². The number of carbonyl (C=O) groups excluding carboxylic acids is 1. The van der Waals surface area contributed by atoms with Gasteiger partial charge in [-0.15, -0.1) is 0 Å². The highest BCUT2D eigenvalue weighted by Gasteiger charge is 2.31. The fourth-order valence-corrected chi connectivity index (χ4v) is 6.02. The largest absolute Gasteiger partial charge is 0.490 e. The monoisotopic (exact) mass is 629 g/mol. The van der Waals surface area contributed by atoms with Crippen molar-refractivity contribution in [3.8, 4) is 5.75 Å². The Morgan fingerprint density at radius 1 is 1.21 bits per heavy atom. The van der Waals surface area contributed by atoms with Crippen molar-refractivity contribution in [2.24, 2.45) is 13.0 Å². The average Bonchev–Trinajstić information content (AvgIpc) is 3.36. The number of fused-ring (bicyclic) bond motifs is 1. The highest BCUT2D eigenvalue weighted by Crippen LogP contribution is 2.29. The molecular formula is C27H43N5O8S2. The topological polar surface area (TPSA) is 160 Å². The first kappa shape index (κ1) is 33.8. The third kappa shape index (κ3) is 8.89. The number of hydrogen-bond donors (Lipinski definition) is 2. The Balaban J connectivity index is 2.02. The summed E-state index contributed by atoms with van der Waals surface area (Å²) in [4.78, 5) is 19.5. The molecule has 0 aliphatic carbocycles. The lowest BCUT2D eigenvalue weighted by Gasteiger charge is -2.35. The summed E-state index contributed by atoms with van der Waals surface area (Å²) < 4.78 is 67.7. The summed E-state index contributed by atoms with van der Waals surface area (Å²) in [5.74, 6) is -0.501. The molecular weight excluding hydrogens is 586 g/mol. The van der Waals surface area contributed by atoms with Crippen molar-refractivity contribution < 1.29 is 36.2 Å². The summed E-state index contributed by atoms with van der Waals surface area (Å²) in [5, 5.41) is 9.89. The molecule has 1 aromatic carbocycles. The Morgan fingerprint density at radius 3 is 2.55 bits per heavy atom. The van der Waals surface area contributed by atoms with Crippen molar-refractivity contribution in [2.75, 3.05) is 44.3 Å². The number of carbonyl (C=O) groups is 1. The molecule has 2 aromatic rings. The number of rotatable bonds is 8. The number of amides is 1. The quantitative estimate of drug-likeness (QED) is 0.445. The summed E-state index contributed by atoms with van der Waals surface area (Å²) in [6.07, 6.45) is 5.27. The van der Waals surface area contributed by atoms with Crippen LogP contribution in [-0.2, 0) is 31.8 Å². The molecule has 2 heterocycles. The maximum absolute atomic E-state index is 14.1. The van der Waals surface area contributed by atoms with Crippen LogP contribution in [0.4, 0.5) is 5.69 Å². The predicted molar refractivity (Wildman–Crippen MR) is 158 cm³/mol. The van der Waals surface area contributed by atoms with Crippen LogP contribution in [0.5, 0.6) is 5.75 Å². The highest BCUT2D eigenvalue weighted by atomic mass is 32.2. The number of aliphatic hydroxyl groups excluding tert-OH is 1. The van der Waals surface area contributed by atoms with Gasteiger partial charge in [0.25, 0.3) is 15.9 Å². The van der Waals surface area contributed by atoms with Gasteiger partial charge >= 0.3 is 0 Å². The Hall–Kier alpha value is -2.72. The molecule has 0 fully saturated rings. The zero-order valence-electron chi connectivity index (χ0n) is 25.1. The number of imidazole rings is 1. The van der Waals surface area contributed by atoms with Crippen molar-refractivity contribution in [3.63, 3.8) is 0 Å². The van der Waals surface area contributed by atoms with E-state index in [4.69, 9.17) is 9.47 Å². The first-order chi connectivity index (χ1) is 19.6. The lowest BCUT2D eigenvalue weighted by Crippen LogP contribution is -2.47. The second kappa shape index (κ2) is 14.2. The molecule has 0 saturated carbocycles. The minimum Gasteiger partial charge on any atom is -0.490 e. The molecule has 236 valence electrons. The number of hydrogen-bond acceptors (Lipinski definition) is 9. The Kier molecular flexibility index (Phi) is 11.4. The number of sulfonamides is 2. The molecule has 42 heavy (non-hydrogen) atoms. The average molecular weight is 630 g/mol. The van der Waals surface area contributed by atoms with E-state index in [0.717, 1.165) is 19.1 Å². The molecule has 2 N–H and O–H groups in total. The molecule has 1 aliphatic heterocycles. The fraction of sp³-hybridized carbons (Fsp3) is 0.630. The molecule has 4 atom stereocenters. The van der Waals surface area contributed by atoms with Crippen molar-refractivity contribution in [1.82, 2.24) is 18.8 Å². The second-order valence-electron chi connectivity index (χ2n) is 11.0. The summed E-state index contributed by atoms with van der Waals surface area (Å²) in [6.45, 7) is 5.79. The molecule has 0 radical (unpaired) electrons. The van der Waals surface area contributed by atoms with Gasteiger partial charge in [-0.3, -0.25) is 9.52 Å². The van der Waals surface area contributed by atoms with E-state index in [1.807, 2.05) is 13.8 Å². The molecule has 3 rings (SSSR count). The smallest absolute Gasteiger partial charge is 0.280 e. The van der Waals surface area contributed by atoms with Gasteiger partial charge in [0.15, 0.2) is 5.03 Å². The number of likely N-dealkylation sites (N-methyl/N-ethyl adjacent to an activating group) is 1. The number of aromatic nitrogens is 2. The number of nitrogens with zero attached hydrogens (tertiary/aromatic N) is 4. The molecule has 0 bridgehead atoms. The van der Waals surface area contributed by atoms with Crippen LogP contribution in [0, 0.1) is 5.92 Å². The zero-order chi connectivity index (χ0) is 31.2. The number of aliphatic hydroxyl groups is 1. The molecule has 1 aromatic heterocycles. The van der Waals surface area contributed by atoms with Crippen molar-refractivity contribution in [2.45, 2.75) is 63.3 Å². The van der Waals surface area contributed by atoms with Gasteiger partial charge < -0.3 is 24.0 Å². The van der Waals surface area contributed by atoms with Crippen LogP contribution in [-0.4, -0.2) is 104 Å². The molecule has 0 unspecified atom stereocenters. The van der Waals surface area contributed by atoms with Gasteiger partial charge in [0.1, 0.15) is 5.75 Å². The SMILES string of the molecule is C[C@@H]1CCCCO[C@@H](CN(C)S(C)(=O)=O)[C@H](C)CN([C@H](C)CO)C(=O)c2cc(NS(=O)(=O)c3cn(C)cn3)ccc2O1. The van der Waals surface area contributed by atoms with E-state index in [-0.39, 0.29) is 53.7 Å². The van der Waals surface area contributed by atoms with Gasteiger partial charge in [-0.2, -0.15) is 8.42 Å². The van der Waals surface area contributed by atoms with E-state index in [9.17, 15) is 26.7 Å². The van der Waals surface area contributed by atoms with Crippen LogP contribution in [0.1, 0.15) is 50.4 Å². The summed E-state index contributed by atoms with van der Waals surface area (Å²) in [6, 6.07) is 3.89. The van der Waals surface area contributed by atoms with Crippen molar-refractivity contribution >= 4 is 31.6 Å². The lowest BCUT2D eigenvalue weighted by atomic mass is 10.0. The third-order valence-corrected chi connectivity index (χ3v) is 9.81. The second-order valence-corrected chi connectivity index (χ2v) is 14.8. The Morgan fingerprint density at radius 2 is 1.93 bits per heavy atom. The van der Waals surface area contributed by atoms with E-state index in [1.54, 1.807) is 20.0 Å². The molecule has 13 nitrogen and oxygen atoms in total. The number of benzene rings is 1. The van der Waals surface area contributed by atoms with Gasteiger partial charge in [-0.1, -0.05) is 6.92 Å². The van der Waals surface area contributed by atoms with Crippen LogP contribution in [0.25, 0.3) is 0 Å². The minimum atomic E-state index is -4.03. The molecule has 0 saturated heterocycles. The van der Waals surface area contributed by atoms with E-state index in [2.05, 4.69) is 9.71 Å². The molecule has 15 heteroatoms. The number of aryl methyl sites for hydroxylation is 1. The zero-order valence-corrected chi connectivity index (χ0v) is 26.7. The normalized spacial score (nSPS) is 22.2. The van der Waals surface area contributed by atoms with Crippen LogP contribution in [0.15, 0.2) is 35.7 Å². The van der Waals surface area contributed by atoms with Crippen LogP contribution in [0.2, 0.25) is 0 Å². The van der Waals surface area contributed by atoms with E-state index >= 15 is 0 Å². The minimum absolute atomic E-state index is 0.102. The van der Waals surface area contributed by atoms with E-state index in [0.29, 0.717) is 13.0 Å². The number of nitrogens with one attached hydrogen (secondary N) is 1. The van der Waals surface area contributed by atoms with Crippen LogP contribution >= 0.6 is 0 Å². The standard InChI is InChI=1S/C27H43N5O8S2/c1-19-14-32(20(2)17-33)27(34)23-13-22(29-42(37,38)26-16-30(4)18-28-26)10-11-24(23)40-21(3)9-7-8-12-39-25(19)15-31(5)41(6,35)36/h10-11,13,16,18-21,25,29,33H,7-9,12,14-15,17H2,1-6H3/t19-,20-,21-,25+/m1/s1. The maximum atomic E-state index is 14.1. The molecule has 0 spiro atoms. The maximum Gasteiger partial charge on any atom is 0.280 e. The highest BCUT2D eigenvalue weighted by molar-refractivity contribution is 7.92. The van der Waals surface area contributed by atoms with Crippen molar-refractivity contribution in [3.05, 3.63) is 36.3 Å². The number of ether oxygens (including phenoxy) is 2. The Bertz CT molecular complexity index is 1430. The van der Waals surface area contributed by atoms with Crippen LogP contribution < -0.4 is 9.46 Å². The summed E-state index contributed by atoms with van der Waals surface area (Å²) in [7, 11) is -4.35. The number of anilines is 1. The van der Waals surface area contributed by atoms with Gasteiger partial charge in [0.2, 0.25) is 10.0 Å². The summed E-state index contributed by atoms with van der Waals surface area (Å²) >= 11 is 0. The van der Waals surface area contributed by atoms with Gasteiger partial charge in [0, 0.05) is 51.6 Å². The van der Waals surface area contributed by atoms with E-state index < -0.39 is 38.1 Å². The van der Waals surface area contributed by atoms with Gasteiger partial charge in [-0.25, -0.2) is 17.7 Å². The summed E-state index contributed by atoms with van der Waals surface area (Å²) in [5.41, 5.74) is 0.268. The van der Waals surface area contributed by atoms with Gasteiger partial charge in [-0.05, 0) is 51.3 Å². The van der Waals surface area contributed by atoms with E-state index in [1.165, 1.54) is 45.5 Å². The van der Waals surface area contributed by atoms with Crippen molar-refractivity contribution in [1.29, 1.82) is 0 Å². The van der Waals surface area contributed by atoms with Crippen LogP contribution in [0.3, 0.4) is 0 Å². The lowest BCUT2D eigenvalue weighted by molar-refractivity contribution is -0.00828. The first-order valence-corrected chi connectivity index (χ1v) is 17.2. The third-order valence-electron chi connectivity index (χ3n) is 7.26. The molecule has 1 amide bonds.